The molecule has 0 N–H and O–H groups in total. The van der Waals surface area contributed by atoms with Crippen molar-refractivity contribution in [3.63, 3.8) is 0 Å². The topological polar surface area (TPSA) is 50.3 Å². The van der Waals surface area contributed by atoms with E-state index in [9.17, 15) is 8.42 Å². The second-order valence-electron chi connectivity index (χ2n) is 2.48. The van der Waals surface area contributed by atoms with Gasteiger partial charge < -0.3 is 0 Å². The molecule has 0 unspecified atom stereocenters. The average Bonchev–Trinajstić information content (AvgIpc) is 2.06. The first kappa shape index (κ1) is 9.15. The third kappa shape index (κ3) is 1.62. The summed E-state index contributed by atoms with van der Waals surface area (Å²) in [6.07, 6.45) is 2.87. The van der Waals surface area contributed by atoms with Crippen LogP contribution >= 0.6 is 0 Å². The largest absolute Gasteiger partial charge is 0.263 e. The molecule has 0 amide bonds. The van der Waals surface area contributed by atoms with Gasteiger partial charge in [-0.05, 0) is 12.1 Å². The van der Waals surface area contributed by atoms with E-state index in [4.69, 9.17) is 0 Å². The Morgan fingerprint density at radius 1 is 1.42 bits per heavy atom. The summed E-state index contributed by atoms with van der Waals surface area (Å²) < 4.78 is 24.0. The minimum Gasteiger partial charge on any atom is -0.263 e. The molecule has 66 valence electrons. The zero-order chi connectivity index (χ0) is 9.19. The lowest BCUT2D eigenvalue weighted by atomic mass is 10.5. The molecule has 0 aliphatic heterocycles. The van der Waals surface area contributed by atoms with E-state index in [2.05, 4.69) is 4.98 Å². The van der Waals surface area contributed by atoms with Crippen LogP contribution in [0.25, 0.3) is 0 Å². The van der Waals surface area contributed by atoms with E-state index in [1.807, 2.05) is 0 Å². The van der Waals surface area contributed by atoms with Crippen LogP contribution in [0.1, 0.15) is 0 Å². The standard InChI is InChI=1S/C7H10N2O2S/c1-9(2)12(10,11)7-4-3-5-8-6-7/h3-6H,1-2H3. The van der Waals surface area contributed by atoms with Gasteiger partial charge in [-0.2, -0.15) is 0 Å². The second-order valence-corrected chi connectivity index (χ2v) is 4.63. The minimum absolute atomic E-state index is 0.218. The molecule has 1 rings (SSSR count). The molecule has 1 aromatic rings. The van der Waals surface area contributed by atoms with Gasteiger partial charge in [-0.25, -0.2) is 12.7 Å². The molecule has 0 aromatic carbocycles. The van der Waals surface area contributed by atoms with Crippen LogP contribution in [0.15, 0.2) is 29.4 Å². The molecule has 0 saturated heterocycles. The van der Waals surface area contributed by atoms with Crippen LogP contribution in [0.5, 0.6) is 0 Å². The molecule has 0 atom stereocenters. The molecule has 4 nitrogen and oxygen atoms in total. The van der Waals surface area contributed by atoms with E-state index >= 15 is 0 Å². The molecule has 0 saturated carbocycles. The quantitative estimate of drug-likeness (QED) is 0.669. The molecule has 0 fully saturated rings. The fourth-order valence-corrected chi connectivity index (χ4v) is 1.58. The third-order valence-electron chi connectivity index (χ3n) is 1.41. The van der Waals surface area contributed by atoms with Crippen molar-refractivity contribution in [1.82, 2.24) is 9.29 Å². The first-order valence-corrected chi connectivity index (χ1v) is 4.81. The normalized spacial score (nSPS) is 11.9. The molecular formula is C7H10N2O2S. The Labute approximate surface area is 71.9 Å². The fourth-order valence-electron chi connectivity index (χ4n) is 0.710. The predicted octanol–water partition coefficient (Wildman–Crippen LogP) is 0.332. The van der Waals surface area contributed by atoms with Crippen LogP contribution in [-0.2, 0) is 10.0 Å². The lowest BCUT2D eigenvalue weighted by molar-refractivity contribution is 0.520. The Bertz CT molecular complexity index is 345. The molecule has 0 aliphatic rings. The van der Waals surface area contributed by atoms with Gasteiger partial charge in [0.25, 0.3) is 0 Å². The van der Waals surface area contributed by atoms with Gasteiger partial charge in [0.05, 0.1) is 0 Å². The van der Waals surface area contributed by atoms with Crippen molar-refractivity contribution in [2.24, 2.45) is 0 Å². The zero-order valence-electron chi connectivity index (χ0n) is 6.93. The molecule has 5 heteroatoms. The third-order valence-corrected chi connectivity index (χ3v) is 3.21. The number of hydrogen-bond acceptors (Lipinski definition) is 3. The van der Waals surface area contributed by atoms with Gasteiger partial charge in [0.2, 0.25) is 10.0 Å². The summed E-state index contributed by atoms with van der Waals surface area (Å²) in [6.45, 7) is 0. The first-order chi connectivity index (χ1) is 5.55. The van der Waals surface area contributed by atoms with Crippen molar-refractivity contribution in [2.75, 3.05) is 14.1 Å². The van der Waals surface area contributed by atoms with Crippen LogP contribution in [0.3, 0.4) is 0 Å². The Hall–Kier alpha value is -0.940. The van der Waals surface area contributed by atoms with Crippen molar-refractivity contribution < 1.29 is 8.42 Å². The number of nitrogens with zero attached hydrogens (tertiary/aromatic N) is 2. The van der Waals surface area contributed by atoms with Crippen molar-refractivity contribution >= 4 is 10.0 Å². The predicted molar refractivity (Wildman–Crippen MR) is 45.1 cm³/mol. The van der Waals surface area contributed by atoms with Crippen LogP contribution in [0.4, 0.5) is 0 Å². The van der Waals surface area contributed by atoms with E-state index in [0.717, 1.165) is 4.31 Å². The molecule has 12 heavy (non-hydrogen) atoms. The van der Waals surface area contributed by atoms with E-state index in [1.54, 1.807) is 6.07 Å². The molecular weight excluding hydrogens is 176 g/mol. The van der Waals surface area contributed by atoms with Crippen molar-refractivity contribution in [1.29, 1.82) is 0 Å². The first-order valence-electron chi connectivity index (χ1n) is 3.37. The highest BCUT2D eigenvalue weighted by Gasteiger charge is 2.15. The van der Waals surface area contributed by atoms with Crippen molar-refractivity contribution in [3.05, 3.63) is 24.5 Å². The van der Waals surface area contributed by atoms with Gasteiger partial charge in [0.1, 0.15) is 4.90 Å². The summed E-state index contributed by atoms with van der Waals surface area (Å²) >= 11 is 0. The highest BCUT2D eigenvalue weighted by atomic mass is 32.2. The minimum atomic E-state index is -3.31. The summed E-state index contributed by atoms with van der Waals surface area (Å²) in [5.41, 5.74) is 0. The maximum atomic E-state index is 11.4. The van der Waals surface area contributed by atoms with Gasteiger partial charge in [0, 0.05) is 26.5 Å². The van der Waals surface area contributed by atoms with E-state index < -0.39 is 10.0 Å². The monoisotopic (exact) mass is 186 g/mol. The lowest BCUT2D eigenvalue weighted by Crippen LogP contribution is -2.22. The van der Waals surface area contributed by atoms with Gasteiger partial charge in [-0.15, -0.1) is 0 Å². The van der Waals surface area contributed by atoms with E-state index in [0.29, 0.717) is 0 Å². The summed E-state index contributed by atoms with van der Waals surface area (Å²) in [5, 5.41) is 0. The fraction of sp³-hybridized carbons (Fsp3) is 0.286. The molecule has 0 spiro atoms. The maximum Gasteiger partial charge on any atom is 0.244 e. The highest BCUT2D eigenvalue weighted by molar-refractivity contribution is 7.89. The second kappa shape index (κ2) is 3.20. The summed E-state index contributed by atoms with van der Waals surface area (Å²) in [7, 11) is -0.329. The van der Waals surface area contributed by atoms with Crippen molar-refractivity contribution in [3.8, 4) is 0 Å². The van der Waals surface area contributed by atoms with E-state index in [1.165, 1.54) is 32.6 Å². The Morgan fingerprint density at radius 2 is 2.08 bits per heavy atom. The Morgan fingerprint density at radius 3 is 2.50 bits per heavy atom. The summed E-state index contributed by atoms with van der Waals surface area (Å²) in [6, 6.07) is 3.11. The maximum absolute atomic E-state index is 11.4. The van der Waals surface area contributed by atoms with Gasteiger partial charge >= 0.3 is 0 Å². The van der Waals surface area contributed by atoms with Crippen molar-refractivity contribution in [2.45, 2.75) is 4.90 Å². The van der Waals surface area contributed by atoms with E-state index in [-0.39, 0.29) is 4.90 Å². The number of hydrogen-bond donors (Lipinski definition) is 0. The smallest absolute Gasteiger partial charge is 0.244 e. The number of rotatable bonds is 2. The van der Waals surface area contributed by atoms with Crippen LogP contribution < -0.4 is 0 Å². The van der Waals surface area contributed by atoms with Crippen LogP contribution in [-0.4, -0.2) is 31.8 Å². The SMILES string of the molecule is CN(C)S(=O)(=O)c1cccnc1. The number of pyridine rings is 1. The molecule has 0 aliphatic carbocycles. The molecule has 0 radical (unpaired) electrons. The van der Waals surface area contributed by atoms with Gasteiger partial charge in [-0.1, -0.05) is 0 Å². The van der Waals surface area contributed by atoms with Gasteiger partial charge in [0.15, 0.2) is 0 Å². The molecule has 1 heterocycles. The Kier molecular flexibility index (Phi) is 2.44. The number of aromatic nitrogens is 1. The Balaban J connectivity index is 3.17. The molecule has 1 aromatic heterocycles. The van der Waals surface area contributed by atoms with Crippen LogP contribution in [0.2, 0.25) is 0 Å². The highest BCUT2D eigenvalue weighted by Crippen LogP contribution is 2.09. The molecule has 0 bridgehead atoms. The van der Waals surface area contributed by atoms with Crippen LogP contribution in [0, 0.1) is 0 Å². The summed E-state index contributed by atoms with van der Waals surface area (Å²) in [4.78, 5) is 3.95. The zero-order valence-corrected chi connectivity index (χ0v) is 7.75. The summed E-state index contributed by atoms with van der Waals surface area (Å²) in [5.74, 6) is 0. The average molecular weight is 186 g/mol. The number of sulfonamides is 1. The van der Waals surface area contributed by atoms with Gasteiger partial charge in [-0.3, -0.25) is 4.98 Å². The lowest BCUT2D eigenvalue weighted by Gasteiger charge is -2.09.